The average molecular weight is 551 g/mol. The van der Waals surface area contributed by atoms with Gasteiger partial charge in [-0.25, -0.2) is 0 Å². The molecule has 2 heterocycles. The van der Waals surface area contributed by atoms with Gasteiger partial charge in [-0.05, 0) is 16.3 Å². The van der Waals surface area contributed by atoms with Crippen molar-refractivity contribution >= 4 is 32.5 Å². The standard InChI is InChI=1S/C33H26O8/c1-38-32-30(36)29(35)31(37)33(41-32)40-23-16-25-28(21-14-8-6-12-19(21)23)26(17-9-3-2-4-10-17)27-20-13-7-5-11-18(20)22(34)15-24(27)39-25/h2-16,29-33,35-37H,1H3/t29-,30+,31+,32-,33+/m0/s1. The first-order valence-corrected chi connectivity index (χ1v) is 13.2. The van der Waals surface area contributed by atoms with E-state index in [2.05, 4.69) is 0 Å². The zero-order chi connectivity index (χ0) is 28.2. The fraction of sp³-hybridized carbons (Fsp3) is 0.182. The molecule has 41 heavy (non-hydrogen) atoms. The summed E-state index contributed by atoms with van der Waals surface area (Å²) in [6.07, 6.45) is -7.09. The van der Waals surface area contributed by atoms with Gasteiger partial charge in [0.1, 0.15) is 35.4 Å². The van der Waals surface area contributed by atoms with Crippen molar-refractivity contribution in [3.8, 4) is 28.2 Å². The summed E-state index contributed by atoms with van der Waals surface area (Å²) in [6.45, 7) is 0. The van der Waals surface area contributed by atoms with Gasteiger partial charge in [0.25, 0.3) is 0 Å². The summed E-state index contributed by atoms with van der Waals surface area (Å²) in [6, 6.07) is 28.3. The van der Waals surface area contributed by atoms with Crippen LogP contribution in [0.25, 0.3) is 55.0 Å². The molecule has 8 heteroatoms. The first-order valence-electron chi connectivity index (χ1n) is 13.2. The summed E-state index contributed by atoms with van der Waals surface area (Å²) in [5.41, 5.74) is 2.99. The largest absolute Gasteiger partial charge is 0.461 e. The van der Waals surface area contributed by atoms with Crippen molar-refractivity contribution < 1.29 is 33.9 Å². The third-order valence-corrected chi connectivity index (χ3v) is 7.72. The molecule has 206 valence electrons. The summed E-state index contributed by atoms with van der Waals surface area (Å²) in [7, 11) is 1.32. The molecule has 1 fully saturated rings. The Labute approximate surface area is 233 Å². The number of aliphatic hydroxyl groups excluding tert-OH is 3. The summed E-state index contributed by atoms with van der Waals surface area (Å²) in [4.78, 5) is 13.1. The summed E-state index contributed by atoms with van der Waals surface area (Å²) in [5, 5.41) is 35.0. The molecule has 0 amide bonds. The van der Waals surface area contributed by atoms with Crippen molar-refractivity contribution in [3.63, 3.8) is 0 Å². The van der Waals surface area contributed by atoms with Gasteiger partial charge in [-0.15, -0.1) is 0 Å². The van der Waals surface area contributed by atoms with Crippen LogP contribution in [0.3, 0.4) is 0 Å². The molecule has 0 unspecified atom stereocenters. The van der Waals surface area contributed by atoms with Gasteiger partial charge in [0.2, 0.25) is 6.29 Å². The maximum Gasteiger partial charge on any atom is 0.231 e. The van der Waals surface area contributed by atoms with Gasteiger partial charge < -0.3 is 33.9 Å². The van der Waals surface area contributed by atoms with E-state index in [9.17, 15) is 20.1 Å². The van der Waals surface area contributed by atoms with Crippen LogP contribution in [0.15, 0.2) is 100 Å². The van der Waals surface area contributed by atoms with Crippen LogP contribution in [0, 0.1) is 0 Å². The van der Waals surface area contributed by atoms with Crippen molar-refractivity contribution in [3.05, 3.63) is 101 Å². The van der Waals surface area contributed by atoms with E-state index in [-0.39, 0.29) is 5.43 Å². The molecule has 0 bridgehead atoms. The fourth-order valence-electron chi connectivity index (χ4n) is 5.78. The number of methoxy groups -OCH3 is 1. The van der Waals surface area contributed by atoms with E-state index in [4.69, 9.17) is 18.6 Å². The van der Waals surface area contributed by atoms with Gasteiger partial charge in [-0.3, -0.25) is 4.79 Å². The Morgan fingerprint density at radius 1 is 0.683 bits per heavy atom. The average Bonchev–Trinajstić information content (AvgIpc) is 3.01. The van der Waals surface area contributed by atoms with Gasteiger partial charge in [0.15, 0.2) is 11.7 Å². The van der Waals surface area contributed by atoms with Gasteiger partial charge in [-0.1, -0.05) is 78.9 Å². The van der Waals surface area contributed by atoms with Crippen LogP contribution in [0.4, 0.5) is 0 Å². The van der Waals surface area contributed by atoms with Crippen molar-refractivity contribution in [2.24, 2.45) is 0 Å². The highest BCUT2D eigenvalue weighted by molar-refractivity contribution is 6.20. The second kappa shape index (κ2) is 9.95. The topological polar surface area (TPSA) is 119 Å². The Kier molecular flexibility index (Phi) is 6.23. The molecular weight excluding hydrogens is 524 g/mol. The molecule has 2 aliphatic heterocycles. The molecule has 4 aromatic rings. The highest BCUT2D eigenvalue weighted by atomic mass is 16.8. The number of benzene rings is 5. The van der Waals surface area contributed by atoms with Gasteiger partial charge >= 0.3 is 0 Å². The molecule has 8 nitrogen and oxygen atoms in total. The van der Waals surface area contributed by atoms with Gasteiger partial charge in [0.05, 0.1) is 0 Å². The summed E-state index contributed by atoms with van der Waals surface area (Å²) < 4.78 is 23.4. The molecule has 3 aliphatic rings. The van der Waals surface area contributed by atoms with E-state index >= 15 is 0 Å². The molecule has 1 saturated heterocycles. The fourth-order valence-corrected chi connectivity index (χ4v) is 5.78. The minimum absolute atomic E-state index is 0.149. The van der Waals surface area contributed by atoms with E-state index in [1.807, 2.05) is 78.9 Å². The second-order valence-electron chi connectivity index (χ2n) is 10.1. The Hall–Kier alpha value is -4.31. The highest BCUT2D eigenvalue weighted by Gasteiger charge is 2.45. The molecule has 5 atom stereocenters. The Bertz CT molecular complexity index is 1930. The molecule has 1 aliphatic carbocycles. The molecule has 3 N–H and O–H groups in total. The van der Waals surface area contributed by atoms with E-state index in [1.54, 1.807) is 6.07 Å². The predicted octanol–water partition coefficient (Wildman–Crippen LogP) is 4.66. The maximum absolute atomic E-state index is 13.1. The SMILES string of the molecule is CO[C@H]1O[C@@H](Oc2cc3oc4cc(=O)c5ccccc5c-4c(-c4ccccc4)c3c3ccccc23)[C@H](O)[C@@H](O)[C@H]1O. The zero-order valence-electron chi connectivity index (χ0n) is 21.9. The third-order valence-electron chi connectivity index (χ3n) is 7.72. The van der Waals surface area contributed by atoms with Crippen LogP contribution in [0.1, 0.15) is 0 Å². The minimum Gasteiger partial charge on any atom is -0.461 e. The molecule has 7 rings (SSSR count). The van der Waals surface area contributed by atoms with Crippen LogP contribution in [-0.4, -0.2) is 53.3 Å². The Morgan fingerprint density at radius 2 is 1.32 bits per heavy atom. The zero-order valence-corrected chi connectivity index (χ0v) is 21.9. The molecule has 0 saturated carbocycles. The third kappa shape index (κ3) is 4.08. The van der Waals surface area contributed by atoms with Gasteiger partial charge in [0, 0.05) is 46.5 Å². The quantitative estimate of drug-likeness (QED) is 0.214. The normalized spacial score (nSPS) is 23.0. The van der Waals surface area contributed by atoms with Crippen molar-refractivity contribution in [2.75, 3.05) is 7.11 Å². The lowest BCUT2D eigenvalue weighted by atomic mass is 9.88. The molecular formula is C33H26O8. The van der Waals surface area contributed by atoms with Crippen molar-refractivity contribution in [2.45, 2.75) is 30.9 Å². The Morgan fingerprint density at radius 3 is 2.05 bits per heavy atom. The number of aliphatic hydroxyl groups is 3. The highest BCUT2D eigenvalue weighted by Crippen LogP contribution is 2.47. The predicted molar refractivity (Wildman–Crippen MR) is 154 cm³/mol. The second-order valence-corrected chi connectivity index (χ2v) is 10.1. The minimum atomic E-state index is -1.55. The summed E-state index contributed by atoms with van der Waals surface area (Å²) in [5.74, 6) is 0.745. The van der Waals surface area contributed by atoms with Gasteiger partial charge in [-0.2, -0.15) is 0 Å². The first-order chi connectivity index (χ1) is 20.0. The Balaban J connectivity index is 1.54. The van der Waals surface area contributed by atoms with Crippen molar-refractivity contribution in [1.82, 2.24) is 0 Å². The maximum atomic E-state index is 13.1. The van der Waals surface area contributed by atoms with E-state index in [0.717, 1.165) is 32.8 Å². The summed E-state index contributed by atoms with van der Waals surface area (Å²) >= 11 is 0. The number of rotatable bonds is 4. The first kappa shape index (κ1) is 25.6. The van der Waals surface area contributed by atoms with Crippen LogP contribution in [0.5, 0.6) is 5.75 Å². The molecule has 0 aromatic heterocycles. The van der Waals surface area contributed by atoms with E-state index in [0.29, 0.717) is 27.9 Å². The van der Waals surface area contributed by atoms with Crippen LogP contribution in [-0.2, 0) is 9.47 Å². The number of hydrogen-bond donors (Lipinski definition) is 3. The van der Waals surface area contributed by atoms with E-state index in [1.165, 1.54) is 13.2 Å². The smallest absolute Gasteiger partial charge is 0.231 e. The van der Waals surface area contributed by atoms with Crippen LogP contribution < -0.4 is 10.2 Å². The number of ether oxygens (including phenoxy) is 3. The molecule has 4 aromatic carbocycles. The molecule has 0 spiro atoms. The lowest BCUT2D eigenvalue weighted by molar-refractivity contribution is -0.327. The lowest BCUT2D eigenvalue weighted by Crippen LogP contribution is -2.59. The van der Waals surface area contributed by atoms with Crippen LogP contribution in [0.2, 0.25) is 0 Å². The number of hydrogen-bond acceptors (Lipinski definition) is 8. The number of fused-ring (bicyclic) bond motifs is 6. The lowest BCUT2D eigenvalue weighted by Gasteiger charge is -2.39. The van der Waals surface area contributed by atoms with Crippen molar-refractivity contribution in [1.29, 1.82) is 0 Å². The molecule has 0 radical (unpaired) electrons. The van der Waals surface area contributed by atoms with Crippen LogP contribution >= 0.6 is 0 Å². The van der Waals surface area contributed by atoms with E-state index < -0.39 is 30.9 Å². The monoisotopic (exact) mass is 550 g/mol.